The van der Waals surface area contributed by atoms with Gasteiger partial charge in [0, 0.05) is 6.07 Å². The van der Waals surface area contributed by atoms with Gasteiger partial charge in [-0.3, -0.25) is 9.69 Å². The quantitative estimate of drug-likeness (QED) is 0.496. The second-order valence-corrected chi connectivity index (χ2v) is 8.20. The van der Waals surface area contributed by atoms with E-state index in [0.29, 0.717) is 11.7 Å². The van der Waals surface area contributed by atoms with Crippen molar-refractivity contribution in [2.24, 2.45) is 0 Å². The predicted molar refractivity (Wildman–Crippen MR) is 118 cm³/mol. The minimum atomic E-state index is -0.689. The van der Waals surface area contributed by atoms with E-state index in [-0.39, 0.29) is 17.5 Å². The van der Waals surface area contributed by atoms with Gasteiger partial charge in [0.1, 0.15) is 11.6 Å². The normalized spacial score (nSPS) is 12.2. The van der Waals surface area contributed by atoms with Crippen molar-refractivity contribution >= 4 is 23.4 Å². The first-order valence-corrected chi connectivity index (χ1v) is 10.9. The summed E-state index contributed by atoms with van der Waals surface area (Å²) in [6.07, 6.45) is 0.851. The van der Waals surface area contributed by atoms with Gasteiger partial charge < -0.3 is 9.88 Å². The number of thioether (sulfide) groups is 1. The molecule has 1 aromatic heterocycles. The molecule has 0 saturated carbocycles. The Balaban J connectivity index is 1.79. The summed E-state index contributed by atoms with van der Waals surface area (Å²) in [5.74, 6) is -0.959. The molecule has 31 heavy (non-hydrogen) atoms. The Labute approximate surface area is 184 Å². The van der Waals surface area contributed by atoms with Crippen LogP contribution in [-0.4, -0.2) is 45.4 Å². The van der Waals surface area contributed by atoms with E-state index in [1.807, 2.05) is 49.0 Å². The van der Waals surface area contributed by atoms with Gasteiger partial charge in [-0.05, 0) is 38.2 Å². The zero-order valence-corrected chi connectivity index (χ0v) is 18.5. The molecule has 1 unspecified atom stereocenters. The Kier molecular flexibility index (Phi) is 7.75. The number of carbonyl (C=O) groups is 1. The van der Waals surface area contributed by atoms with Crippen molar-refractivity contribution in [1.29, 1.82) is 0 Å². The van der Waals surface area contributed by atoms with Crippen LogP contribution in [0.2, 0.25) is 0 Å². The molecular weight excluding hydrogens is 420 g/mol. The maximum absolute atomic E-state index is 13.8. The first kappa shape index (κ1) is 22.9. The number of nitrogens with zero attached hydrogens (tertiary/aromatic N) is 4. The van der Waals surface area contributed by atoms with E-state index in [9.17, 15) is 13.6 Å². The molecule has 0 aliphatic heterocycles. The maximum atomic E-state index is 13.8. The fraction of sp³-hybridized carbons (Fsp3) is 0.318. The largest absolute Gasteiger partial charge is 0.323 e. The highest BCUT2D eigenvalue weighted by Gasteiger charge is 2.22. The second kappa shape index (κ2) is 10.5. The topological polar surface area (TPSA) is 63.1 Å². The molecule has 0 radical (unpaired) electrons. The summed E-state index contributed by atoms with van der Waals surface area (Å²) >= 11 is 1.21. The molecule has 0 aliphatic rings. The first-order chi connectivity index (χ1) is 14.9. The second-order valence-electron chi connectivity index (χ2n) is 7.26. The molecule has 3 rings (SSSR count). The summed E-state index contributed by atoms with van der Waals surface area (Å²) in [4.78, 5) is 14.4. The first-order valence-electron chi connectivity index (χ1n) is 9.90. The summed E-state index contributed by atoms with van der Waals surface area (Å²) < 4.78 is 29.1. The smallest absolute Gasteiger partial charge is 0.234 e. The highest BCUT2D eigenvalue weighted by atomic mass is 32.2. The van der Waals surface area contributed by atoms with Crippen LogP contribution in [-0.2, 0) is 11.3 Å². The van der Waals surface area contributed by atoms with E-state index < -0.39 is 17.5 Å². The van der Waals surface area contributed by atoms with Crippen LogP contribution in [0.4, 0.5) is 14.5 Å². The van der Waals surface area contributed by atoms with Crippen LogP contribution in [0.15, 0.2) is 53.7 Å². The van der Waals surface area contributed by atoms with Crippen LogP contribution in [0.25, 0.3) is 0 Å². The van der Waals surface area contributed by atoms with Gasteiger partial charge in [-0.15, -0.1) is 10.2 Å². The minimum Gasteiger partial charge on any atom is -0.323 e. The van der Waals surface area contributed by atoms with Crippen molar-refractivity contribution in [2.75, 3.05) is 25.2 Å². The molecule has 6 nitrogen and oxygen atoms in total. The number of benzene rings is 2. The third-order valence-corrected chi connectivity index (χ3v) is 5.74. The van der Waals surface area contributed by atoms with Crippen molar-refractivity contribution in [1.82, 2.24) is 19.7 Å². The Morgan fingerprint density at radius 3 is 2.58 bits per heavy atom. The predicted octanol–water partition coefficient (Wildman–Crippen LogP) is 4.35. The lowest BCUT2D eigenvalue weighted by molar-refractivity contribution is -0.113. The maximum Gasteiger partial charge on any atom is 0.234 e. The molecular formula is C22H25F2N5OS. The standard InChI is InChI=1S/C22H25F2N5OS/c1-4-19(28(2)3)21-26-27-22(29(21)13-15-8-6-5-7-9-15)31-14-20(30)25-18-12-16(23)10-11-17(18)24/h5-12,19H,4,13-14H2,1-3H3,(H,25,30). The molecule has 0 saturated heterocycles. The fourth-order valence-corrected chi connectivity index (χ4v) is 4.00. The highest BCUT2D eigenvalue weighted by Crippen LogP contribution is 2.26. The number of carbonyl (C=O) groups excluding carboxylic acids is 1. The van der Waals surface area contributed by atoms with Crippen LogP contribution in [0.1, 0.15) is 30.8 Å². The van der Waals surface area contributed by atoms with Gasteiger partial charge >= 0.3 is 0 Å². The molecule has 9 heteroatoms. The van der Waals surface area contributed by atoms with Crippen LogP contribution >= 0.6 is 11.8 Å². The zero-order valence-electron chi connectivity index (χ0n) is 17.7. The number of hydrogen-bond donors (Lipinski definition) is 1. The summed E-state index contributed by atoms with van der Waals surface area (Å²) in [7, 11) is 3.98. The zero-order chi connectivity index (χ0) is 22.4. The summed E-state index contributed by atoms with van der Waals surface area (Å²) in [5, 5.41) is 11.7. The van der Waals surface area contributed by atoms with E-state index >= 15 is 0 Å². The van der Waals surface area contributed by atoms with Crippen molar-refractivity contribution in [3.8, 4) is 0 Å². The van der Waals surface area contributed by atoms with Crippen molar-refractivity contribution in [2.45, 2.75) is 31.1 Å². The van der Waals surface area contributed by atoms with E-state index in [0.717, 1.165) is 36.0 Å². The average molecular weight is 446 g/mol. The summed E-state index contributed by atoms with van der Waals surface area (Å²) in [6, 6.07) is 12.9. The Morgan fingerprint density at radius 1 is 1.16 bits per heavy atom. The number of aromatic nitrogens is 3. The molecule has 0 fully saturated rings. The molecule has 164 valence electrons. The SMILES string of the molecule is CCC(c1nnc(SCC(=O)Nc2cc(F)ccc2F)n1Cc1ccccc1)N(C)C. The Hall–Kier alpha value is -2.78. The molecule has 0 spiro atoms. The number of hydrogen-bond acceptors (Lipinski definition) is 5. The van der Waals surface area contributed by atoms with Gasteiger partial charge in [-0.1, -0.05) is 49.0 Å². The number of halogens is 2. The molecule has 2 aromatic carbocycles. The van der Waals surface area contributed by atoms with Gasteiger partial charge in [0.05, 0.1) is 24.0 Å². The average Bonchev–Trinajstić information content (AvgIpc) is 3.12. The van der Waals surface area contributed by atoms with E-state index in [2.05, 4.69) is 27.3 Å². The summed E-state index contributed by atoms with van der Waals surface area (Å²) in [5.41, 5.74) is 0.904. The lowest BCUT2D eigenvalue weighted by Gasteiger charge is -2.23. The molecule has 1 atom stereocenters. The highest BCUT2D eigenvalue weighted by molar-refractivity contribution is 7.99. The number of amides is 1. The lowest BCUT2D eigenvalue weighted by atomic mass is 10.2. The molecule has 1 amide bonds. The van der Waals surface area contributed by atoms with Crippen molar-refractivity contribution in [3.05, 3.63) is 71.6 Å². The molecule has 0 bridgehead atoms. The van der Waals surface area contributed by atoms with Gasteiger partial charge in [0.15, 0.2) is 11.0 Å². The molecule has 3 aromatic rings. The Morgan fingerprint density at radius 2 is 1.90 bits per heavy atom. The number of anilines is 1. The van der Waals surface area contributed by atoms with Gasteiger partial charge in [-0.2, -0.15) is 0 Å². The molecule has 1 N–H and O–H groups in total. The number of rotatable bonds is 9. The molecule has 1 heterocycles. The van der Waals surface area contributed by atoms with Crippen LogP contribution in [0, 0.1) is 11.6 Å². The fourth-order valence-electron chi connectivity index (χ4n) is 3.26. The third kappa shape index (κ3) is 5.89. The minimum absolute atomic E-state index is 0.0123. The monoisotopic (exact) mass is 445 g/mol. The van der Waals surface area contributed by atoms with Crippen LogP contribution < -0.4 is 5.32 Å². The van der Waals surface area contributed by atoms with Gasteiger partial charge in [0.2, 0.25) is 5.91 Å². The summed E-state index contributed by atoms with van der Waals surface area (Å²) in [6.45, 7) is 2.65. The Bertz CT molecular complexity index is 1030. The molecule has 0 aliphatic carbocycles. The van der Waals surface area contributed by atoms with Gasteiger partial charge in [0.25, 0.3) is 0 Å². The van der Waals surface area contributed by atoms with Crippen molar-refractivity contribution in [3.63, 3.8) is 0 Å². The van der Waals surface area contributed by atoms with Crippen LogP contribution in [0.3, 0.4) is 0 Å². The van der Waals surface area contributed by atoms with E-state index in [1.165, 1.54) is 11.8 Å². The van der Waals surface area contributed by atoms with E-state index in [1.54, 1.807) is 0 Å². The number of nitrogens with one attached hydrogen (secondary N) is 1. The van der Waals surface area contributed by atoms with E-state index in [4.69, 9.17) is 0 Å². The van der Waals surface area contributed by atoms with Crippen LogP contribution in [0.5, 0.6) is 0 Å². The van der Waals surface area contributed by atoms with Gasteiger partial charge in [-0.25, -0.2) is 8.78 Å². The lowest BCUT2D eigenvalue weighted by Crippen LogP contribution is -2.23. The third-order valence-electron chi connectivity index (χ3n) is 4.77. The van der Waals surface area contributed by atoms with Crippen molar-refractivity contribution < 1.29 is 13.6 Å².